The Morgan fingerprint density at radius 2 is 0.843 bits per heavy atom. The minimum absolute atomic E-state index is 0.464. The predicted molar refractivity (Wildman–Crippen MR) is 296 cm³/mol. The Labute approximate surface area is 412 Å². The molecule has 0 amide bonds. The lowest BCUT2D eigenvalue weighted by molar-refractivity contribution is 0.445. The van der Waals surface area contributed by atoms with E-state index in [4.69, 9.17) is 0 Å². The molecule has 11 aromatic carbocycles. The minimum Gasteiger partial charge on any atom is -0.309 e. The molecule has 2 aliphatic rings. The van der Waals surface area contributed by atoms with Gasteiger partial charge in [0, 0.05) is 16.8 Å². The Bertz CT molecular complexity index is 3640. The van der Waals surface area contributed by atoms with Gasteiger partial charge in [0.15, 0.2) is 0 Å². The number of rotatable bonds is 9. The average molecular weight is 896 g/mol. The van der Waals surface area contributed by atoms with Gasteiger partial charge in [0.25, 0.3) is 0 Å². The summed E-state index contributed by atoms with van der Waals surface area (Å²) < 4.78 is 0. The Hall–Kier alpha value is -8.26. The second-order valence-corrected chi connectivity index (χ2v) is 19.3. The zero-order valence-corrected chi connectivity index (χ0v) is 39.3. The van der Waals surface area contributed by atoms with E-state index in [0.717, 1.165) is 17.1 Å². The molecule has 11 aromatic rings. The van der Waals surface area contributed by atoms with Gasteiger partial charge in [0.1, 0.15) is 0 Å². The number of anilines is 3. The molecular weight excluding hydrogens is 843 g/mol. The maximum Gasteiger partial charge on any atom is 0.0713 e. The van der Waals surface area contributed by atoms with Crippen LogP contribution in [0, 0.1) is 0 Å². The van der Waals surface area contributed by atoms with Crippen molar-refractivity contribution in [1.29, 1.82) is 0 Å². The zero-order chi connectivity index (χ0) is 46.4. The Morgan fingerprint density at radius 1 is 0.343 bits per heavy atom. The van der Waals surface area contributed by atoms with E-state index < -0.39 is 5.41 Å². The molecule has 1 fully saturated rings. The van der Waals surface area contributed by atoms with Crippen molar-refractivity contribution in [3.8, 4) is 44.5 Å². The quantitative estimate of drug-likeness (QED) is 0.140. The van der Waals surface area contributed by atoms with Crippen LogP contribution in [0.15, 0.2) is 255 Å². The van der Waals surface area contributed by atoms with Gasteiger partial charge in [-0.2, -0.15) is 0 Å². The summed E-state index contributed by atoms with van der Waals surface area (Å²) in [4.78, 5) is 2.53. The van der Waals surface area contributed by atoms with Gasteiger partial charge in [-0.1, -0.05) is 250 Å². The summed E-state index contributed by atoms with van der Waals surface area (Å²) in [6, 6.07) is 95.2. The van der Waals surface area contributed by atoms with E-state index in [1.54, 1.807) is 0 Å². The summed E-state index contributed by atoms with van der Waals surface area (Å²) >= 11 is 0. The lowest BCUT2D eigenvalue weighted by atomic mass is 9.67. The molecule has 1 heteroatoms. The van der Waals surface area contributed by atoms with Gasteiger partial charge >= 0.3 is 0 Å². The fourth-order valence-electron chi connectivity index (χ4n) is 12.5. The molecule has 0 unspecified atom stereocenters. The summed E-state index contributed by atoms with van der Waals surface area (Å²) in [5.74, 6) is 0.568. The fraction of sp³-hybridized carbons (Fsp3) is 0.101. The largest absolute Gasteiger partial charge is 0.309 e. The molecule has 0 spiro atoms. The third-order valence-corrected chi connectivity index (χ3v) is 15.6. The first-order valence-electron chi connectivity index (χ1n) is 25.2. The monoisotopic (exact) mass is 895 g/mol. The molecule has 2 aliphatic carbocycles. The van der Waals surface area contributed by atoms with E-state index in [1.807, 2.05) is 0 Å². The highest BCUT2D eigenvalue weighted by Crippen LogP contribution is 2.58. The topological polar surface area (TPSA) is 3.24 Å². The number of hydrogen-bond acceptors (Lipinski definition) is 1. The lowest BCUT2D eigenvalue weighted by Gasteiger charge is -2.34. The van der Waals surface area contributed by atoms with Crippen molar-refractivity contribution >= 4 is 38.6 Å². The van der Waals surface area contributed by atoms with E-state index in [9.17, 15) is 0 Å². The SMILES string of the molecule is c1ccc(C2(c3ccccc3)c3ccccc3-c3c(-c4ccc(N(c5ccccc5-c5cccc6ccccc56)c5ccccc5-c5cccc6cccc(C7CCCCC7)c56)cc4)cccc32)cc1. The molecule has 0 N–H and O–H groups in total. The number of benzene rings is 11. The summed E-state index contributed by atoms with van der Waals surface area (Å²) in [7, 11) is 0. The second kappa shape index (κ2) is 17.7. The maximum absolute atomic E-state index is 2.53. The molecule has 13 rings (SSSR count). The smallest absolute Gasteiger partial charge is 0.0713 e. The van der Waals surface area contributed by atoms with Crippen LogP contribution >= 0.6 is 0 Å². The maximum atomic E-state index is 2.53. The fourth-order valence-corrected chi connectivity index (χ4v) is 12.5. The van der Waals surface area contributed by atoms with Gasteiger partial charge in [-0.3, -0.25) is 0 Å². The lowest BCUT2D eigenvalue weighted by Crippen LogP contribution is -2.28. The molecule has 0 atom stereocenters. The van der Waals surface area contributed by atoms with E-state index in [-0.39, 0.29) is 0 Å². The normalized spacial score (nSPS) is 14.1. The van der Waals surface area contributed by atoms with E-state index >= 15 is 0 Å². The van der Waals surface area contributed by atoms with Crippen LogP contribution in [-0.2, 0) is 5.41 Å². The molecule has 0 aliphatic heterocycles. The number of fused-ring (bicyclic) bond motifs is 5. The van der Waals surface area contributed by atoms with E-state index in [1.165, 1.54) is 126 Å². The number of nitrogens with zero attached hydrogens (tertiary/aromatic N) is 1. The van der Waals surface area contributed by atoms with Gasteiger partial charge in [0.2, 0.25) is 0 Å². The van der Waals surface area contributed by atoms with E-state index in [2.05, 4.69) is 260 Å². The molecule has 0 saturated heterocycles. The van der Waals surface area contributed by atoms with Crippen LogP contribution in [0.3, 0.4) is 0 Å². The second-order valence-electron chi connectivity index (χ2n) is 19.3. The first-order valence-corrected chi connectivity index (χ1v) is 25.2. The van der Waals surface area contributed by atoms with Gasteiger partial charge in [-0.05, 0) is 126 Å². The summed E-state index contributed by atoms with van der Waals surface area (Å²) in [5.41, 5.74) is 19.5. The molecule has 0 bridgehead atoms. The first kappa shape index (κ1) is 41.9. The summed E-state index contributed by atoms with van der Waals surface area (Å²) in [6.45, 7) is 0. The molecule has 1 nitrogen and oxygen atoms in total. The number of hydrogen-bond donors (Lipinski definition) is 0. The molecule has 0 radical (unpaired) electrons. The van der Waals surface area contributed by atoms with Crippen molar-refractivity contribution in [1.82, 2.24) is 0 Å². The Kier molecular flexibility index (Phi) is 10.6. The average Bonchev–Trinajstić information content (AvgIpc) is 3.75. The molecular formula is C69H53N. The van der Waals surface area contributed by atoms with Crippen LogP contribution in [-0.4, -0.2) is 0 Å². The van der Waals surface area contributed by atoms with Crippen LogP contribution in [0.2, 0.25) is 0 Å². The minimum atomic E-state index is -0.464. The highest BCUT2D eigenvalue weighted by molar-refractivity contribution is 6.06. The van der Waals surface area contributed by atoms with Gasteiger partial charge in [-0.25, -0.2) is 0 Å². The van der Waals surface area contributed by atoms with Crippen molar-refractivity contribution in [2.45, 2.75) is 43.4 Å². The van der Waals surface area contributed by atoms with Crippen LogP contribution in [0.4, 0.5) is 17.1 Å². The van der Waals surface area contributed by atoms with E-state index in [0.29, 0.717) is 5.92 Å². The Morgan fingerprint density at radius 3 is 1.56 bits per heavy atom. The molecule has 334 valence electrons. The third kappa shape index (κ3) is 6.83. The van der Waals surface area contributed by atoms with Crippen LogP contribution in [0.25, 0.3) is 66.1 Å². The van der Waals surface area contributed by atoms with Gasteiger partial charge < -0.3 is 4.90 Å². The summed E-state index contributed by atoms with van der Waals surface area (Å²) in [6.07, 6.45) is 6.44. The highest BCUT2D eigenvalue weighted by Gasteiger charge is 2.46. The summed E-state index contributed by atoms with van der Waals surface area (Å²) in [5, 5.41) is 5.18. The van der Waals surface area contributed by atoms with Crippen molar-refractivity contribution < 1.29 is 0 Å². The first-order chi connectivity index (χ1) is 34.8. The van der Waals surface area contributed by atoms with Crippen molar-refractivity contribution in [3.63, 3.8) is 0 Å². The van der Waals surface area contributed by atoms with Gasteiger partial charge in [-0.15, -0.1) is 0 Å². The number of para-hydroxylation sites is 2. The highest BCUT2D eigenvalue weighted by atomic mass is 15.1. The predicted octanol–water partition coefficient (Wildman–Crippen LogP) is 18.9. The molecule has 0 heterocycles. The standard InChI is InChI=1S/C69H53N/c1-4-22-49(23-5-1)56-36-19-26-51-27-20-39-61(67(51)56)60-34-14-17-43-66(60)70(65-42-16-13-33-59(65)58-38-18-25-48-24-10-11-32-55(48)58)54-46-44-50(45-47-54)57-37-21-41-64-68(57)62-35-12-15-40-63(62)69(64,52-28-6-2-7-29-52)53-30-8-3-9-31-53/h2-3,6-21,24-47,49H,1,4-5,22-23H2. The van der Waals surface area contributed by atoms with Crippen molar-refractivity contribution in [2.75, 3.05) is 4.90 Å². The van der Waals surface area contributed by atoms with Gasteiger partial charge in [0.05, 0.1) is 16.8 Å². The molecule has 0 aromatic heterocycles. The van der Waals surface area contributed by atoms with Crippen molar-refractivity contribution in [3.05, 3.63) is 283 Å². The molecule has 1 saturated carbocycles. The zero-order valence-electron chi connectivity index (χ0n) is 39.3. The third-order valence-electron chi connectivity index (χ3n) is 15.6. The van der Waals surface area contributed by atoms with Crippen LogP contribution in [0.5, 0.6) is 0 Å². The van der Waals surface area contributed by atoms with Crippen LogP contribution < -0.4 is 4.90 Å². The molecule has 70 heavy (non-hydrogen) atoms. The Balaban J connectivity index is 1.02. The van der Waals surface area contributed by atoms with Crippen LogP contribution in [0.1, 0.15) is 65.8 Å². The van der Waals surface area contributed by atoms with Crippen molar-refractivity contribution in [2.24, 2.45) is 0 Å².